The molecule has 2 rings (SSSR count). The number of hydrogen-bond acceptors (Lipinski definition) is 2. The second-order valence-electron chi connectivity index (χ2n) is 4.57. The summed E-state index contributed by atoms with van der Waals surface area (Å²) in [5.41, 5.74) is 1.08. The average Bonchev–Trinajstić information content (AvgIpc) is 2.41. The Morgan fingerprint density at radius 2 is 1.88 bits per heavy atom. The molecular weight excluding hydrogens is 210 g/mol. The molecule has 1 aromatic carbocycles. The molecule has 0 radical (unpaired) electrons. The van der Waals surface area contributed by atoms with E-state index in [2.05, 4.69) is 16.7 Å². The molecule has 1 N–H and O–H groups in total. The molecule has 0 aliphatic carbocycles. The van der Waals surface area contributed by atoms with Crippen LogP contribution in [0.25, 0.3) is 0 Å². The molecule has 0 aromatic heterocycles. The van der Waals surface area contributed by atoms with Crippen LogP contribution < -0.4 is 0 Å². The number of likely N-dealkylation sites (tertiary alicyclic amines) is 1. The van der Waals surface area contributed by atoms with Crippen LogP contribution >= 0.6 is 0 Å². The Morgan fingerprint density at radius 3 is 2.53 bits per heavy atom. The molecular formula is C15H19NO. The van der Waals surface area contributed by atoms with E-state index in [1.807, 2.05) is 30.3 Å². The quantitative estimate of drug-likeness (QED) is 0.781. The van der Waals surface area contributed by atoms with Crippen molar-refractivity contribution in [1.29, 1.82) is 0 Å². The largest absolute Gasteiger partial charge is 0.396 e. The van der Waals surface area contributed by atoms with Gasteiger partial charge < -0.3 is 5.11 Å². The number of aliphatic hydroxyl groups excluding tert-OH is 1. The van der Waals surface area contributed by atoms with Crippen LogP contribution in [0.1, 0.15) is 18.4 Å². The van der Waals surface area contributed by atoms with Crippen molar-refractivity contribution >= 4 is 0 Å². The SMILES string of the molecule is OCC1CCN(CC#Cc2ccccc2)CC1. The van der Waals surface area contributed by atoms with Crippen molar-refractivity contribution in [1.82, 2.24) is 4.90 Å². The molecule has 17 heavy (non-hydrogen) atoms. The average molecular weight is 229 g/mol. The van der Waals surface area contributed by atoms with Gasteiger partial charge >= 0.3 is 0 Å². The van der Waals surface area contributed by atoms with Gasteiger partial charge in [-0.15, -0.1) is 0 Å². The van der Waals surface area contributed by atoms with Crippen LogP contribution in [0.4, 0.5) is 0 Å². The fourth-order valence-electron chi connectivity index (χ4n) is 2.10. The highest BCUT2D eigenvalue weighted by atomic mass is 16.3. The maximum atomic E-state index is 9.06. The summed E-state index contributed by atoms with van der Waals surface area (Å²) in [6.07, 6.45) is 2.20. The van der Waals surface area contributed by atoms with Crippen LogP contribution in [-0.2, 0) is 0 Å². The molecule has 1 heterocycles. The first-order valence-electron chi connectivity index (χ1n) is 6.25. The van der Waals surface area contributed by atoms with Crippen molar-refractivity contribution in [3.05, 3.63) is 35.9 Å². The number of aliphatic hydroxyl groups is 1. The molecule has 1 fully saturated rings. The normalized spacial score (nSPS) is 17.5. The molecule has 0 bridgehead atoms. The van der Waals surface area contributed by atoms with Crippen molar-refractivity contribution in [3.8, 4) is 11.8 Å². The van der Waals surface area contributed by atoms with Crippen molar-refractivity contribution in [2.45, 2.75) is 12.8 Å². The summed E-state index contributed by atoms with van der Waals surface area (Å²) >= 11 is 0. The topological polar surface area (TPSA) is 23.5 Å². The number of rotatable bonds is 2. The molecule has 2 nitrogen and oxygen atoms in total. The summed E-state index contributed by atoms with van der Waals surface area (Å²) in [6, 6.07) is 10.1. The fraction of sp³-hybridized carbons (Fsp3) is 0.467. The van der Waals surface area contributed by atoms with Crippen LogP contribution in [-0.4, -0.2) is 36.2 Å². The summed E-state index contributed by atoms with van der Waals surface area (Å²) in [6.45, 7) is 3.31. The maximum absolute atomic E-state index is 9.06. The Hall–Kier alpha value is -1.30. The van der Waals surface area contributed by atoms with E-state index in [0.717, 1.165) is 38.0 Å². The highest BCUT2D eigenvalue weighted by Gasteiger charge is 2.17. The summed E-state index contributed by atoms with van der Waals surface area (Å²) in [4.78, 5) is 2.36. The Bertz CT molecular complexity index is 382. The number of benzene rings is 1. The van der Waals surface area contributed by atoms with Gasteiger partial charge in [-0.1, -0.05) is 30.0 Å². The third-order valence-corrected chi connectivity index (χ3v) is 3.27. The van der Waals surface area contributed by atoms with E-state index in [-0.39, 0.29) is 0 Å². The molecule has 0 saturated carbocycles. The summed E-state index contributed by atoms with van der Waals surface area (Å²) in [5, 5.41) is 9.06. The van der Waals surface area contributed by atoms with Crippen molar-refractivity contribution in [2.24, 2.45) is 5.92 Å². The monoisotopic (exact) mass is 229 g/mol. The van der Waals surface area contributed by atoms with Gasteiger partial charge in [-0.05, 0) is 44.0 Å². The standard InChI is InChI=1S/C15H19NO/c17-13-15-8-11-16(12-9-15)10-4-7-14-5-2-1-3-6-14/h1-3,5-6,15,17H,8-13H2. The molecule has 1 aliphatic heterocycles. The Morgan fingerprint density at radius 1 is 1.18 bits per heavy atom. The van der Waals surface area contributed by atoms with Crippen LogP contribution in [0, 0.1) is 17.8 Å². The fourth-order valence-corrected chi connectivity index (χ4v) is 2.10. The van der Waals surface area contributed by atoms with Gasteiger partial charge in [-0.25, -0.2) is 0 Å². The highest BCUT2D eigenvalue weighted by molar-refractivity contribution is 5.33. The Balaban J connectivity index is 1.78. The zero-order chi connectivity index (χ0) is 11.9. The first-order chi connectivity index (χ1) is 8.38. The minimum atomic E-state index is 0.337. The van der Waals surface area contributed by atoms with Crippen LogP contribution in [0.5, 0.6) is 0 Å². The summed E-state index contributed by atoms with van der Waals surface area (Å²) in [7, 11) is 0. The van der Waals surface area contributed by atoms with Gasteiger partial charge in [0.25, 0.3) is 0 Å². The first kappa shape index (κ1) is 12.2. The zero-order valence-electron chi connectivity index (χ0n) is 10.1. The lowest BCUT2D eigenvalue weighted by molar-refractivity contribution is 0.140. The van der Waals surface area contributed by atoms with Gasteiger partial charge in [0.1, 0.15) is 0 Å². The Labute approximate surface area is 103 Å². The van der Waals surface area contributed by atoms with Gasteiger partial charge in [-0.2, -0.15) is 0 Å². The molecule has 0 spiro atoms. The molecule has 0 amide bonds. The Kier molecular flexibility index (Phi) is 4.61. The van der Waals surface area contributed by atoms with Crippen LogP contribution in [0.2, 0.25) is 0 Å². The van der Waals surface area contributed by atoms with Crippen LogP contribution in [0.15, 0.2) is 30.3 Å². The van der Waals surface area contributed by atoms with Crippen molar-refractivity contribution in [3.63, 3.8) is 0 Å². The molecule has 0 atom stereocenters. The predicted molar refractivity (Wildman–Crippen MR) is 69.6 cm³/mol. The minimum absolute atomic E-state index is 0.337. The van der Waals surface area contributed by atoms with E-state index >= 15 is 0 Å². The molecule has 1 saturated heterocycles. The second-order valence-corrected chi connectivity index (χ2v) is 4.57. The van der Waals surface area contributed by atoms with E-state index in [1.165, 1.54) is 0 Å². The van der Waals surface area contributed by atoms with Crippen molar-refractivity contribution < 1.29 is 5.11 Å². The number of nitrogens with zero attached hydrogens (tertiary/aromatic N) is 1. The predicted octanol–water partition coefficient (Wildman–Crippen LogP) is 1.74. The summed E-state index contributed by atoms with van der Waals surface area (Å²) in [5.74, 6) is 6.90. The van der Waals surface area contributed by atoms with E-state index in [9.17, 15) is 0 Å². The third kappa shape index (κ3) is 3.89. The third-order valence-electron chi connectivity index (χ3n) is 3.27. The summed E-state index contributed by atoms with van der Waals surface area (Å²) < 4.78 is 0. The minimum Gasteiger partial charge on any atom is -0.396 e. The van der Waals surface area contributed by atoms with E-state index in [4.69, 9.17) is 5.11 Å². The van der Waals surface area contributed by atoms with Gasteiger partial charge in [0.15, 0.2) is 0 Å². The number of hydrogen-bond donors (Lipinski definition) is 1. The lowest BCUT2D eigenvalue weighted by atomic mass is 9.98. The lowest BCUT2D eigenvalue weighted by Crippen LogP contribution is -2.34. The molecule has 1 aliphatic rings. The number of piperidine rings is 1. The van der Waals surface area contributed by atoms with Crippen molar-refractivity contribution in [2.75, 3.05) is 26.2 Å². The van der Waals surface area contributed by atoms with Gasteiger partial charge in [0.05, 0.1) is 6.54 Å². The molecule has 90 valence electrons. The molecule has 2 heteroatoms. The molecule has 1 aromatic rings. The first-order valence-corrected chi connectivity index (χ1v) is 6.25. The van der Waals surface area contributed by atoms with Gasteiger partial charge in [0.2, 0.25) is 0 Å². The van der Waals surface area contributed by atoms with E-state index < -0.39 is 0 Å². The van der Waals surface area contributed by atoms with E-state index in [0.29, 0.717) is 12.5 Å². The molecule has 0 unspecified atom stereocenters. The highest BCUT2D eigenvalue weighted by Crippen LogP contribution is 2.15. The second kappa shape index (κ2) is 6.44. The smallest absolute Gasteiger partial charge is 0.0605 e. The maximum Gasteiger partial charge on any atom is 0.0605 e. The van der Waals surface area contributed by atoms with Crippen LogP contribution in [0.3, 0.4) is 0 Å². The van der Waals surface area contributed by atoms with E-state index in [1.54, 1.807) is 0 Å². The lowest BCUT2D eigenvalue weighted by Gasteiger charge is -2.29. The zero-order valence-corrected chi connectivity index (χ0v) is 10.1. The van der Waals surface area contributed by atoms with Gasteiger partial charge in [-0.3, -0.25) is 4.90 Å². The van der Waals surface area contributed by atoms with Gasteiger partial charge in [0, 0.05) is 12.2 Å².